The molecule has 19 heteroatoms. The van der Waals surface area contributed by atoms with E-state index in [2.05, 4.69) is 48.5 Å². The number of hydrogen-bond donors (Lipinski definition) is 3. The Morgan fingerprint density at radius 2 is 0.505 bits per heavy atom. The fraction of sp³-hybridized carbons (Fsp3) is 0.944. The first-order valence-electron chi connectivity index (χ1n) is 37.3. The second-order valence-electron chi connectivity index (χ2n) is 27.4. The summed E-state index contributed by atoms with van der Waals surface area (Å²) in [4.78, 5) is 72.6. The van der Waals surface area contributed by atoms with Crippen molar-refractivity contribution in [2.75, 3.05) is 39.6 Å². The summed E-state index contributed by atoms with van der Waals surface area (Å²) in [6, 6.07) is 0. The van der Waals surface area contributed by atoms with E-state index in [4.69, 9.17) is 37.0 Å². The van der Waals surface area contributed by atoms with E-state index in [0.29, 0.717) is 31.6 Å². The molecule has 0 aliphatic rings. The van der Waals surface area contributed by atoms with Gasteiger partial charge in [-0.05, 0) is 43.4 Å². The summed E-state index contributed by atoms with van der Waals surface area (Å²) in [5, 5.41) is 10.6. The molecule has 0 aromatic heterocycles. The van der Waals surface area contributed by atoms with Crippen molar-refractivity contribution >= 4 is 39.5 Å². The van der Waals surface area contributed by atoms with Crippen LogP contribution in [0.3, 0.4) is 0 Å². The lowest BCUT2D eigenvalue weighted by Crippen LogP contribution is -2.30. The van der Waals surface area contributed by atoms with Crippen LogP contribution < -0.4 is 0 Å². The van der Waals surface area contributed by atoms with Crippen molar-refractivity contribution in [2.45, 2.75) is 381 Å². The number of carbonyl (C=O) groups is 4. The average molecular weight is 1340 g/mol. The number of carbonyl (C=O) groups excluding carboxylic acids is 4. The predicted molar refractivity (Wildman–Crippen MR) is 368 cm³/mol. The first-order chi connectivity index (χ1) is 43.7. The number of aliphatic hydroxyl groups excluding tert-OH is 1. The lowest BCUT2D eigenvalue weighted by atomic mass is 10.0. The van der Waals surface area contributed by atoms with Crippen LogP contribution in [0.4, 0.5) is 0 Å². The summed E-state index contributed by atoms with van der Waals surface area (Å²) in [5.41, 5.74) is 0. The second-order valence-corrected chi connectivity index (χ2v) is 30.3. The van der Waals surface area contributed by atoms with Crippen molar-refractivity contribution in [1.29, 1.82) is 0 Å². The van der Waals surface area contributed by atoms with Gasteiger partial charge in [0.25, 0.3) is 0 Å². The number of esters is 4. The number of hydrogen-bond acceptors (Lipinski definition) is 15. The summed E-state index contributed by atoms with van der Waals surface area (Å²) in [5.74, 6) is 0.0890. The third-order valence-electron chi connectivity index (χ3n) is 16.6. The van der Waals surface area contributed by atoms with Crippen LogP contribution in [0, 0.1) is 17.8 Å². The van der Waals surface area contributed by atoms with E-state index < -0.39 is 97.5 Å². The minimum absolute atomic E-state index is 0.104. The highest BCUT2D eigenvalue weighted by molar-refractivity contribution is 7.47. The molecule has 5 atom stereocenters. The number of aliphatic hydroxyl groups is 1. The Morgan fingerprint density at radius 3 is 0.747 bits per heavy atom. The molecule has 0 fully saturated rings. The van der Waals surface area contributed by atoms with Gasteiger partial charge in [-0.3, -0.25) is 37.3 Å². The van der Waals surface area contributed by atoms with Crippen molar-refractivity contribution in [3.63, 3.8) is 0 Å². The molecule has 0 aliphatic heterocycles. The molecule has 17 nitrogen and oxygen atoms in total. The van der Waals surface area contributed by atoms with Crippen LogP contribution in [-0.2, 0) is 65.4 Å². The van der Waals surface area contributed by atoms with Crippen LogP contribution in [0.1, 0.15) is 363 Å². The molecular weight excluding hydrogens is 1200 g/mol. The van der Waals surface area contributed by atoms with E-state index >= 15 is 0 Å². The second kappa shape index (κ2) is 62.8. The summed E-state index contributed by atoms with van der Waals surface area (Å²) < 4.78 is 68.4. The summed E-state index contributed by atoms with van der Waals surface area (Å²) in [6.07, 6.45) is 47.2. The molecule has 0 rings (SSSR count). The van der Waals surface area contributed by atoms with Gasteiger partial charge in [-0.15, -0.1) is 0 Å². The number of rotatable bonds is 70. The Kier molecular flexibility index (Phi) is 61.5. The van der Waals surface area contributed by atoms with Crippen molar-refractivity contribution in [3.8, 4) is 0 Å². The van der Waals surface area contributed by atoms with Crippen molar-refractivity contribution < 1.29 is 80.2 Å². The van der Waals surface area contributed by atoms with Gasteiger partial charge >= 0.3 is 39.5 Å². The fourth-order valence-corrected chi connectivity index (χ4v) is 12.5. The van der Waals surface area contributed by atoms with Crippen LogP contribution >= 0.6 is 15.6 Å². The maximum Gasteiger partial charge on any atom is 0.472 e. The minimum atomic E-state index is -4.95. The molecule has 0 radical (unpaired) electrons. The van der Waals surface area contributed by atoms with Gasteiger partial charge in [-0.1, -0.05) is 312 Å². The predicted octanol–water partition coefficient (Wildman–Crippen LogP) is 20.6. The zero-order valence-corrected chi connectivity index (χ0v) is 61.1. The lowest BCUT2D eigenvalue weighted by molar-refractivity contribution is -0.161. The summed E-state index contributed by atoms with van der Waals surface area (Å²) in [7, 11) is -9.90. The number of phosphoric ester groups is 2. The SMILES string of the molecule is CCCCCCCCCCCCCCCCCC(=O)O[C@H](COC(=O)CCCCCCCCCCCCCC(C)C)COP(=O)(O)OC[C@@H](O)COP(=O)(O)OC[C@@H](COC(=O)CCCCCCCCCC(C)C)OC(=O)CCCCCCCCCCCC(C)C. The minimum Gasteiger partial charge on any atom is -0.462 e. The van der Waals surface area contributed by atoms with Gasteiger partial charge < -0.3 is 33.8 Å². The van der Waals surface area contributed by atoms with E-state index in [9.17, 15) is 43.2 Å². The highest BCUT2D eigenvalue weighted by Crippen LogP contribution is 2.45. The number of phosphoric acid groups is 2. The van der Waals surface area contributed by atoms with E-state index in [1.54, 1.807) is 0 Å². The third-order valence-corrected chi connectivity index (χ3v) is 18.5. The monoisotopic (exact) mass is 1340 g/mol. The van der Waals surface area contributed by atoms with E-state index in [1.165, 1.54) is 167 Å². The maximum atomic E-state index is 13.0. The quantitative estimate of drug-likeness (QED) is 0.0222. The van der Waals surface area contributed by atoms with Crippen LogP contribution in [0.2, 0.25) is 0 Å². The number of unbranched alkanes of at least 4 members (excludes halogenated alkanes) is 38. The lowest BCUT2D eigenvalue weighted by Gasteiger charge is -2.21. The van der Waals surface area contributed by atoms with E-state index in [0.717, 1.165) is 108 Å². The highest BCUT2D eigenvalue weighted by Gasteiger charge is 2.30. The Hall–Kier alpha value is -1.94. The highest BCUT2D eigenvalue weighted by atomic mass is 31.2. The summed E-state index contributed by atoms with van der Waals surface area (Å²) in [6.45, 7) is 11.8. The van der Waals surface area contributed by atoms with Crippen LogP contribution in [0.15, 0.2) is 0 Å². The average Bonchev–Trinajstić information content (AvgIpc) is 3.21. The van der Waals surface area contributed by atoms with Gasteiger partial charge in [0.15, 0.2) is 12.2 Å². The van der Waals surface area contributed by atoms with Crippen molar-refractivity contribution in [2.24, 2.45) is 17.8 Å². The Labute approximate surface area is 556 Å². The number of ether oxygens (including phenoxy) is 4. The van der Waals surface area contributed by atoms with Crippen LogP contribution in [0.5, 0.6) is 0 Å². The Bertz CT molecular complexity index is 1780. The molecule has 2 unspecified atom stereocenters. The first kappa shape index (κ1) is 89.1. The summed E-state index contributed by atoms with van der Waals surface area (Å²) >= 11 is 0. The van der Waals surface area contributed by atoms with E-state index in [-0.39, 0.29) is 25.7 Å². The standard InChI is InChI=1S/C72H140O17P2/c1-8-9-10-11-12-13-14-15-16-17-20-26-33-41-48-55-71(76)88-67(59-82-69(74)53-46-39-32-25-21-18-19-23-29-36-43-50-63(2)3)61-86-90(78,79)84-57-66(73)58-85-91(80,81)87-62-68(60-83-70(75)54-47-40-35-28-31-38-45-52-65(6)7)89-72(77)56-49-42-34-27-22-24-30-37-44-51-64(4)5/h63-68,73H,8-62H2,1-7H3,(H,78,79)(H,80,81)/t66-,67-,68-/m1/s1. The molecule has 0 aromatic carbocycles. The molecule has 0 heterocycles. The molecule has 0 aromatic rings. The molecule has 0 bridgehead atoms. The van der Waals surface area contributed by atoms with Crippen LogP contribution in [0.25, 0.3) is 0 Å². The molecule has 540 valence electrons. The van der Waals surface area contributed by atoms with Crippen LogP contribution in [-0.4, -0.2) is 96.7 Å². The Balaban J connectivity index is 5.26. The normalized spacial score (nSPS) is 14.2. The largest absolute Gasteiger partial charge is 0.472 e. The molecule has 0 amide bonds. The van der Waals surface area contributed by atoms with Gasteiger partial charge in [-0.2, -0.15) is 0 Å². The third kappa shape index (κ3) is 66.5. The van der Waals surface area contributed by atoms with Gasteiger partial charge in [0.2, 0.25) is 0 Å². The van der Waals surface area contributed by atoms with Crippen molar-refractivity contribution in [1.82, 2.24) is 0 Å². The van der Waals surface area contributed by atoms with Gasteiger partial charge in [0, 0.05) is 25.7 Å². The molecule has 0 saturated heterocycles. The topological polar surface area (TPSA) is 237 Å². The van der Waals surface area contributed by atoms with Gasteiger partial charge in [0.1, 0.15) is 19.3 Å². The Morgan fingerprint density at radius 1 is 0.297 bits per heavy atom. The molecule has 91 heavy (non-hydrogen) atoms. The molecule has 0 saturated carbocycles. The van der Waals surface area contributed by atoms with Gasteiger partial charge in [-0.25, -0.2) is 9.13 Å². The van der Waals surface area contributed by atoms with Gasteiger partial charge in [0.05, 0.1) is 26.4 Å². The van der Waals surface area contributed by atoms with Crippen molar-refractivity contribution in [3.05, 3.63) is 0 Å². The first-order valence-corrected chi connectivity index (χ1v) is 40.3. The molecular formula is C72H140O17P2. The fourth-order valence-electron chi connectivity index (χ4n) is 10.9. The smallest absolute Gasteiger partial charge is 0.462 e. The zero-order valence-electron chi connectivity index (χ0n) is 59.3. The molecule has 0 aliphatic carbocycles. The molecule has 0 spiro atoms. The maximum absolute atomic E-state index is 13.0. The van der Waals surface area contributed by atoms with E-state index in [1.807, 2.05) is 0 Å². The molecule has 3 N–H and O–H groups in total. The zero-order chi connectivity index (χ0) is 67.3.